The molecule has 5 heteroatoms. The zero-order valence-electron chi connectivity index (χ0n) is 13.6. The SMILES string of the molecule is CC(C)CCNC(N)=NCC1CN(CC(C)C)CCO1. The Morgan fingerprint density at radius 1 is 1.35 bits per heavy atom. The summed E-state index contributed by atoms with van der Waals surface area (Å²) in [5.41, 5.74) is 5.86. The molecule has 0 aromatic heterocycles. The van der Waals surface area contributed by atoms with Gasteiger partial charge in [-0.05, 0) is 18.3 Å². The monoisotopic (exact) mass is 284 g/mol. The van der Waals surface area contributed by atoms with Gasteiger partial charge in [0.15, 0.2) is 5.96 Å². The van der Waals surface area contributed by atoms with Gasteiger partial charge in [-0.15, -0.1) is 0 Å². The van der Waals surface area contributed by atoms with E-state index in [0.29, 0.717) is 24.3 Å². The van der Waals surface area contributed by atoms with Gasteiger partial charge in [0.25, 0.3) is 0 Å². The molecule has 0 spiro atoms. The maximum Gasteiger partial charge on any atom is 0.188 e. The van der Waals surface area contributed by atoms with Crippen molar-refractivity contribution in [2.75, 3.05) is 39.3 Å². The molecular formula is C15H32N4O. The summed E-state index contributed by atoms with van der Waals surface area (Å²) in [6.45, 7) is 14.4. The van der Waals surface area contributed by atoms with E-state index in [-0.39, 0.29) is 6.10 Å². The topological polar surface area (TPSA) is 62.9 Å². The minimum absolute atomic E-state index is 0.174. The van der Waals surface area contributed by atoms with E-state index in [1.807, 2.05) is 0 Å². The van der Waals surface area contributed by atoms with Crippen LogP contribution in [0.5, 0.6) is 0 Å². The zero-order chi connectivity index (χ0) is 15.0. The number of rotatable bonds is 7. The zero-order valence-corrected chi connectivity index (χ0v) is 13.6. The number of guanidine groups is 1. The van der Waals surface area contributed by atoms with Crippen molar-refractivity contribution >= 4 is 5.96 Å². The molecule has 0 aromatic rings. The molecule has 5 nitrogen and oxygen atoms in total. The third-order valence-electron chi connectivity index (χ3n) is 3.34. The second kappa shape index (κ2) is 9.19. The van der Waals surface area contributed by atoms with Crippen molar-refractivity contribution < 1.29 is 4.74 Å². The molecule has 1 saturated heterocycles. The normalized spacial score (nSPS) is 21.7. The maximum atomic E-state index is 5.86. The molecule has 1 heterocycles. The summed E-state index contributed by atoms with van der Waals surface area (Å²) in [6.07, 6.45) is 1.28. The number of nitrogens with one attached hydrogen (secondary N) is 1. The molecular weight excluding hydrogens is 252 g/mol. The third-order valence-corrected chi connectivity index (χ3v) is 3.34. The maximum absolute atomic E-state index is 5.86. The van der Waals surface area contributed by atoms with E-state index in [1.54, 1.807) is 0 Å². The molecule has 1 rings (SSSR count). The number of morpholine rings is 1. The van der Waals surface area contributed by atoms with Gasteiger partial charge in [-0.2, -0.15) is 0 Å². The van der Waals surface area contributed by atoms with E-state index < -0.39 is 0 Å². The molecule has 1 aliphatic rings. The summed E-state index contributed by atoms with van der Waals surface area (Å²) >= 11 is 0. The number of nitrogens with two attached hydrogens (primary N) is 1. The Labute approximate surface area is 124 Å². The van der Waals surface area contributed by atoms with E-state index in [2.05, 4.69) is 42.9 Å². The molecule has 0 amide bonds. The lowest BCUT2D eigenvalue weighted by Crippen LogP contribution is -2.45. The van der Waals surface area contributed by atoms with Crippen molar-refractivity contribution in [2.45, 2.75) is 40.2 Å². The molecule has 0 saturated carbocycles. The van der Waals surface area contributed by atoms with Crippen LogP contribution < -0.4 is 11.1 Å². The van der Waals surface area contributed by atoms with Crippen LogP contribution in [-0.2, 0) is 4.74 Å². The van der Waals surface area contributed by atoms with Gasteiger partial charge >= 0.3 is 0 Å². The number of aliphatic imine (C=N–C) groups is 1. The average molecular weight is 284 g/mol. The summed E-state index contributed by atoms with van der Waals surface area (Å²) in [7, 11) is 0. The molecule has 1 atom stereocenters. The lowest BCUT2D eigenvalue weighted by Gasteiger charge is -2.33. The van der Waals surface area contributed by atoms with Gasteiger partial charge in [0, 0.05) is 26.2 Å². The predicted molar refractivity (Wildman–Crippen MR) is 85.0 cm³/mol. The van der Waals surface area contributed by atoms with Crippen LogP contribution in [0.4, 0.5) is 0 Å². The fraction of sp³-hybridized carbons (Fsp3) is 0.933. The Morgan fingerprint density at radius 2 is 2.10 bits per heavy atom. The highest BCUT2D eigenvalue weighted by Crippen LogP contribution is 2.08. The van der Waals surface area contributed by atoms with Gasteiger partial charge in [0.05, 0.1) is 19.3 Å². The fourth-order valence-electron chi connectivity index (χ4n) is 2.32. The highest BCUT2D eigenvalue weighted by Gasteiger charge is 2.20. The summed E-state index contributed by atoms with van der Waals surface area (Å²) in [5.74, 6) is 1.91. The van der Waals surface area contributed by atoms with Crippen LogP contribution >= 0.6 is 0 Å². The Hall–Kier alpha value is -0.810. The summed E-state index contributed by atoms with van der Waals surface area (Å²) in [4.78, 5) is 6.85. The lowest BCUT2D eigenvalue weighted by atomic mass is 10.1. The molecule has 118 valence electrons. The van der Waals surface area contributed by atoms with E-state index in [0.717, 1.165) is 39.2 Å². The van der Waals surface area contributed by atoms with Crippen LogP contribution in [0, 0.1) is 11.8 Å². The number of ether oxygens (including phenoxy) is 1. The summed E-state index contributed by atoms with van der Waals surface area (Å²) < 4.78 is 5.75. The second-order valence-electron chi connectivity index (χ2n) is 6.48. The van der Waals surface area contributed by atoms with Gasteiger partial charge in [0.2, 0.25) is 0 Å². The fourth-order valence-corrected chi connectivity index (χ4v) is 2.32. The first-order chi connectivity index (χ1) is 9.47. The Bertz CT molecular complexity index is 292. The molecule has 3 N–H and O–H groups in total. The Kier molecular flexibility index (Phi) is 7.92. The van der Waals surface area contributed by atoms with Crippen LogP contribution in [0.3, 0.4) is 0 Å². The first-order valence-corrected chi connectivity index (χ1v) is 7.85. The van der Waals surface area contributed by atoms with Crippen molar-refractivity contribution in [3.05, 3.63) is 0 Å². The highest BCUT2D eigenvalue weighted by molar-refractivity contribution is 5.77. The van der Waals surface area contributed by atoms with Crippen molar-refractivity contribution in [1.29, 1.82) is 0 Å². The molecule has 20 heavy (non-hydrogen) atoms. The highest BCUT2D eigenvalue weighted by atomic mass is 16.5. The van der Waals surface area contributed by atoms with Crippen molar-refractivity contribution in [2.24, 2.45) is 22.6 Å². The van der Waals surface area contributed by atoms with Crippen molar-refractivity contribution in [3.63, 3.8) is 0 Å². The van der Waals surface area contributed by atoms with Crippen molar-refractivity contribution in [1.82, 2.24) is 10.2 Å². The smallest absolute Gasteiger partial charge is 0.188 e. The number of hydrogen-bond donors (Lipinski definition) is 2. The first kappa shape index (κ1) is 17.2. The quantitative estimate of drug-likeness (QED) is 0.546. The molecule has 0 aromatic carbocycles. The van der Waals surface area contributed by atoms with Crippen LogP contribution in [0.15, 0.2) is 4.99 Å². The third kappa shape index (κ3) is 7.70. The predicted octanol–water partition coefficient (Wildman–Crippen LogP) is 1.29. The summed E-state index contributed by atoms with van der Waals surface area (Å²) in [5, 5.41) is 3.16. The average Bonchev–Trinajstić information content (AvgIpc) is 2.35. The van der Waals surface area contributed by atoms with Gasteiger partial charge in [-0.1, -0.05) is 27.7 Å². The molecule has 1 unspecified atom stereocenters. The first-order valence-electron chi connectivity index (χ1n) is 7.85. The van der Waals surface area contributed by atoms with E-state index in [1.165, 1.54) is 0 Å². The Morgan fingerprint density at radius 3 is 2.75 bits per heavy atom. The van der Waals surface area contributed by atoms with Gasteiger partial charge in [0.1, 0.15) is 0 Å². The molecule has 0 radical (unpaired) electrons. The van der Waals surface area contributed by atoms with Gasteiger partial charge < -0.3 is 15.8 Å². The van der Waals surface area contributed by atoms with Crippen LogP contribution in [0.25, 0.3) is 0 Å². The van der Waals surface area contributed by atoms with Gasteiger partial charge in [-0.25, -0.2) is 0 Å². The van der Waals surface area contributed by atoms with Crippen molar-refractivity contribution in [3.8, 4) is 0 Å². The largest absolute Gasteiger partial charge is 0.374 e. The second-order valence-corrected chi connectivity index (χ2v) is 6.48. The van der Waals surface area contributed by atoms with Gasteiger partial charge in [-0.3, -0.25) is 9.89 Å². The van der Waals surface area contributed by atoms with Crippen LogP contribution in [-0.4, -0.2) is 56.3 Å². The van der Waals surface area contributed by atoms with Crippen LogP contribution in [0.2, 0.25) is 0 Å². The molecule has 1 aliphatic heterocycles. The number of nitrogens with zero attached hydrogens (tertiary/aromatic N) is 2. The van der Waals surface area contributed by atoms with E-state index in [4.69, 9.17) is 10.5 Å². The molecule has 0 bridgehead atoms. The van der Waals surface area contributed by atoms with E-state index >= 15 is 0 Å². The molecule has 1 fully saturated rings. The number of hydrogen-bond acceptors (Lipinski definition) is 3. The standard InChI is InChI=1S/C15H32N4O/c1-12(2)5-6-17-15(16)18-9-14-11-19(7-8-20-14)10-13(3)4/h12-14H,5-11H2,1-4H3,(H3,16,17,18). The van der Waals surface area contributed by atoms with Crippen LogP contribution in [0.1, 0.15) is 34.1 Å². The lowest BCUT2D eigenvalue weighted by molar-refractivity contribution is -0.0261. The van der Waals surface area contributed by atoms with E-state index in [9.17, 15) is 0 Å². The Balaban J connectivity index is 2.25. The minimum atomic E-state index is 0.174. The minimum Gasteiger partial charge on any atom is -0.374 e. The summed E-state index contributed by atoms with van der Waals surface area (Å²) in [6, 6.07) is 0. The molecule has 0 aliphatic carbocycles.